The van der Waals surface area contributed by atoms with Crippen LogP contribution in [0.4, 0.5) is 4.79 Å². The summed E-state index contributed by atoms with van der Waals surface area (Å²) in [7, 11) is 0. The molecule has 1 unspecified atom stereocenters. The second-order valence-electron chi connectivity index (χ2n) is 4.22. The molecule has 0 aromatic heterocycles. The first-order chi connectivity index (χ1) is 6.81. The average Bonchev–Trinajstić information content (AvgIpc) is 2.14. The van der Waals surface area contributed by atoms with Crippen molar-refractivity contribution in [1.29, 1.82) is 5.41 Å². The maximum absolute atomic E-state index is 11.3. The van der Waals surface area contributed by atoms with Gasteiger partial charge in [0.15, 0.2) is 0 Å². The highest BCUT2D eigenvalue weighted by molar-refractivity contribution is 5.90. The summed E-state index contributed by atoms with van der Waals surface area (Å²) in [4.78, 5) is 11.3. The van der Waals surface area contributed by atoms with Crippen molar-refractivity contribution in [2.75, 3.05) is 6.61 Å². The zero-order valence-electron chi connectivity index (χ0n) is 9.89. The van der Waals surface area contributed by atoms with Crippen molar-refractivity contribution in [3.05, 3.63) is 0 Å². The Bertz CT molecular complexity index is 241. The van der Waals surface area contributed by atoms with Gasteiger partial charge in [-0.05, 0) is 19.3 Å². The van der Waals surface area contributed by atoms with E-state index in [1.807, 2.05) is 20.8 Å². The van der Waals surface area contributed by atoms with Gasteiger partial charge in [-0.2, -0.15) is 0 Å². The zero-order valence-corrected chi connectivity index (χ0v) is 9.89. The molecule has 0 aromatic rings. The minimum Gasteiger partial charge on any atom is -0.449 e. The summed E-state index contributed by atoms with van der Waals surface area (Å²) in [5, 5.41) is 9.95. The molecule has 0 aliphatic heterocycles. The minimum atomic E-state index is -0.811. The molecule has 5 heteroatoms. The summed E-state index contributed by atoms with van der Waals surface area (Å²) < 4.78 is 4.95. The molecular weight excluding hydrogens is 194 g/mol. The van der Waals surface area contributed by atoms with E-state index in [4.69, 9.17) is 15.9 Å². The molecule has 15 heavy (non-hydrogen) atoms. The third-order valence-electron chi connectivity index (χ3n) is 2.23. The SMILES string of the molecule is CCC(C)(NC(=O)OCC(C)C)C(=N)N. The normalized spacial score (nSPS) is 14.5. The maximum atomic E-state index is 11.3. The van der Waals surface area contributed by atoms with Crippen LogP contribution in [-0.4, -0.2) is 24.1 Å². The monoisotopic (exact) mass is 215 g/mol. The number of rotatable bonds is 5. The molecule has 4 N–H and O–H groups in total. The molecule has 0 aromatic carbocycles. The largest absolute Gasteiger partial charge is 0.449 e. The summed E-state index contributed by atoms with van der Waals surface area (Å²) in [5.74, 6) is 0.229. The summed E-state index contributed by atoms with van der Waals surface area (Å²) in [6.45, 7) is 7.83. The van der Waals surface area contributed by atoms with Crippen molar-refractivity contribution in [2.24, 2.45) is 11.7 Å². The molecule has 1 amide bonds. The Labute approximate surface area is 90.9 Å². The molecule has 0 radical (unpaired) electrons. The number of amides is 1. The first-order valence-corrected chi connectivity index (χ1v) is 5.11. The van der Waals surface area contributed by atoms with Gasteiger partial charge in [-0.1, -0.05) is 20.8 Å². The van der Waals surface area contributed by atoms with Crippen molar-refractivity contribution in [3.63, 3.8) is 0 Å². The Balaban J connectivity index is 4.19. The number of nitrogens with one attached hydrogen (secondary N) is 2. The predicted molar refractivity (Wildman–Crippen MR) is 59.9 cm³/mol. The van der Waals surface area contributed by atoms with Crippen LogP contribution in [0.1, 0.15) is 34.1 Å². The van der Waals surface area contributed by atoms with Gasteiger partial charge in [-0.3, -0.25) is 5.41 Å². The Kier molecular flexibility index (Phi) is 5.11. The first kappa shape index (κ1) is 13.7. The van der Waals surface area contributed by atoms with Crippen molar-refractivity contribution in [1.82, 2.24) is 5.32 Å². The summed E-state index contributed by atoms with van der Waals surface area (Å²) in [6, 6.07) is 0. The average molecular weight is 215 g/mol. The molecule has 0 fully saturated rings. The fraction of sp³-hybridized carbons (Fsp3) is 0.800. The van der Waals surface area contributed by atoms with E-state index in [0.717, 1.165) is 0 Å². The Morgan fingerprint density at radius 1 is 1.60 bits per heavy atom. The molecular formula is C10H21N3O2. The molecule has 88 valence electrons. The molecule has 0 rings (SSSR count). The van der Waals surface area contributed by atoms with Crippen LogP contribution >= 0.6 is 0 Å². The van der Waals surface area contributed by atoms with Crippen molar-refractivity contribution < 1.29 is 9.53 Å². The fourth-order valence-corrected chi connectivity index (χ4v) is 0.850. The molecule has 0 aliphatic carbocycles. The maximum Gasteiger partial charge on any atom is 0.407 e. The van der Waals surface area contributed by atoms with E-state index in [0.29, 0.717) is 18.9 Å². The number of ether oxygens (including phenoxy) is 1. The topological polar surface area (TPSA) is 88.2 Å². The highest BCUT2D eigenvalue weighted by atomic mass is 16.5. The van der Waals surface area contributed by atoms with Gasteiger partial charge in [0, 0.05) is 0 Å². The smallest absolute Gasteiger partial charge is 0.407 e. The summed E-state index contributed by atoms with van der Waals surface area (Å²) >= 11 is 0. The van der Waals surface area contributed by atoms with Gasteiger partial charge in [0.25, 0.3) is 0 Å². The van der Waals surface area contributed by atoms with E-state index < -0.39 is 11.6 Å². The van der Waals surface area contributed by atoms with E-state index >= 15 is 0 Å². The number of hydrogen-bond acceptors (Lipinski definition) is 3. The van der Waals surface area contributed by atoms with Crippen LogP contribution in [0.5, 0.6) is 0 Å². The number of carbonyl (C=O) groups excluding carboxylic acids is 1. The van der Waals surface area contributed by atoms with Crippen LogP contribution in [0, 0.1) is 11.3 Å². The molecule has 0 spiro atoms. The van der Waals surface area contributed by atoms with Crippen LogP contribution in [0.25, 0.3) is 0 Å². The van der Waals surface area contributed by atoms with Crippen LogP contribution < -0.4 is 11.1 Å². The van der Waals surface area contributed by atoms with Crippen LogP contribution in [0.3, 0.4) is 0 Å². The quantitative estimate of drug-likeness (QED) is 0.479. The highest BCUT2D eigenvalue weighted by Crippen LogP contribution is 2.08. The molecule has 1 atom stereocenters. The summed E-state index contributed by atoms with van der Waals surface area (Å²) in [6.07, 6.45) is 0.0299. The second-order valence-corrected chi connectivity index (χ2v) is 4.22. The second kappa shape index (κ2) is 5.58. The van der Waals surface area contributed by atoms with Crippen molar-refractivity contribution in [3.8, 4) is 0 Å². The van der Waals surface area contributed by atoms with Gasteiger partial charge >= 0.3 is 6.09 Å². The lowest BCUT2D eigenvalue weighted by Gasteiger charge is -2.27. The van der Waals surface area contributed by atoms with E-state index in [1.165, 1.54) is 0 Å². The van der Waals surface area contributed by atoms with Gasteiger partial charge < -0.3 is 15.8 Å². The third-order valence-corrected chi connectivity index (χ3v) is 2.23. The van der Waals surface area contributed by atoms with E-state index in [9.17, 15) is 4.79 Å². The minimum absolute atomic E-state index is 0.0634. The number of hydrogen-bond donors (Lipinski definition) is 3. The lowest BCUT2D eigenvalue weighted by atomic mass is 9.98. The lowest BCUT2D eigenvalue weighted by molar-refractivity contribution is 0.126. The molecule has 0 heterocycles. The number of carbonyl (C=O) groups is 1. The van der Waals surface area contributed by atoms with Crippen molar-refractivity contribution in [2.45, 2.75) is 39.7 Å². The van der Waals surface area contributed by atoms with E-state index in [1.54, 1.807) is 6.92 Å². The van der Waals surface area contributed by atoms with E-state index in [2.05, 4.69) is 5.32 Å². The third kappa shape index (κ3) is 4.67. The standard InChI is InChI=1S/C10H21N3O2/c1-5-10(4,8(11)12)13-9(14)15-6-7(2)3/h7H,5-6H2,1-4H3,(H3,11,12)(H,13,14). The molecule has 0 aliphatic rings. The number of alkyl carbamates (subject to hydrolysis) is 1. The molecule has 0 bridgehead atoms. The zero-order chi connectivity index (χ0) is 12.1. The van der Waals surface area contributed by atoms with Gasteiger partial charge in [0.05, 0.1) is 12.1 Å². The van der Waals surface area contributed by atoms with Gasteiger partial charge in [0.2, 0.25) is 0 Å². The Hall–Kier alpha value is -1.26. The lowest BCUT2D eigenvalue weighted by Crippen LogP contribution is -2.54. The Morgan fingerprint density at radius 2 is 2.13 bits per heavy atom. The molecule has 5 nitrogen and oxygen atoms in total. The highest BCUT2D eigenvalue weighted by Gasteiger charge is 2.28. The van der Waals surface area contributed by atoms with Crippen LogP contribution in [-0.2, 0) is 4.74 Å². The van der Waals surface area contributed by atoms with Gasteiger partial charge in [-0.25, -0.2) is 4.79 Å². The molecule has 0 saturated carbocycles. The Morgan fingerprint density at radius 3 is 2.47 bits per heavy atom. The van der Waals surface area contributed by atoms with Crippen molar-refractivity contribution >= 4 is 11.9 Å². The predicted octanol–water partition coefficient (Wildman–Crippen LogP) is 1.47. The number of nitrogens with two attached hydrogens (primary N) is 1. The van der Waals surface area contributed by atoms with Crippen LogP contribution in [0.2, 0.25) is 0 Å². The van der Waals surface area contributed by atoms with E-state index in [-0.39, 0.29) is 5.84 Å². The fourth-order valence-electron chi connectivity index (χ4n) is 0.850. The number of amidine groups is 1. The van der Waals surface area contributed by atoms with Crippen LogP contribution in [0.15, 0.2) is 0 Å². The summed E-state index contributed by atoms with van der Waals surface area (Å²) in [5.41, 5.74) is 4.59. The molecule has 0 saturated heterocycles. The van der Waals surface area contributed by atoms with Gasteiger partial charge in [-0.15, -0.1) is 0 Å². The van der Waals surface area contributed by atoms with Gasteiger partial charge in [0.1, 0.15) is 5.84 Å². The first-order valence-electron chi connectivity index (χ1n) is 5.11.